The second-order valence-corrected chi connectivity index (χ2v) is 5.05. The average Bonchev–Trinajstić information content (AvgIpc) is 2.17. The molecule has 14 heavy (non-hydrogen) atoms. The van der Waals surface area contributed by atoms with Crippen LogP contribution in [-0.2, 0) is 4.79 Å². The van der Waals surface area contributed by atoms with E-state index in [0.717, 1.165) is 31.6 Å². The van der Waals surface area contributed by atoms with Crippen molar-refractivity contribution < 1.29 is 4.79 Å². The molecular formula is C13H20O. The van der Waals surface area contributed by atoms with Crippen LogP contribution in [0.15, 0.2) is 12.7 Å². The first-order valence-corrected chi connectivity index (χ1v) is 5.89. The van der Waals surface area contributed by atoms with Crippen molar-refractivity contribution in [1.82, 2.24) is 0 Å². The number of carbonyl (C=O) groups excluding carboxylic acids is 1. The number of hydrogen-bond donors (Lipinski definition) is 0. The zero-order chi connectivity index (χ0) is 10.0. The Hall–Kier alpha value is -0.590. The van der Waals surface area contributed by atoms with Gasteiger partial charge in [-0.2, -0.15) is 0 Å². The fraction of sp³-hybridized carbons (Fsp3) is 0.769. The Morgan fingerprint density at radius 1 is 1.43 bits per heavy atom. The van der Waals surface area contributed by atoms with Gasteiger partial charge in [0, 0.05) is 12.8 Å². The summed E-state index contributed by atoms with van der Waals surface area (Å²) in [6.07, 6.45) is 11.2. The maximum Gasteiger partial charge on any atom is 0.133 e. The van der Waals surface area contributed by atoms with Crippen LogP contribution in [0.3, 0.4) is 0 Å². The van der Waals surface area contributed by atoms with Gasteiger partial charge in [-0.3, -0.25) is 4.79 Å². The third-order valence-electron chi connectivity index (χ3n) is 4.22. The van der Waals surface area contributed by atoms with Gasteiger partial charge in [-0.15, -0.1) is 6.58 Å². The minimum Gasteiger partial charge on any atom is -0.300 e. The number of allylic oxidation sites excluding steroid dienone is 1. The summed E-state index contributed by atoms with van der Waals surface area (Å²) in [6, 6.07) is 0. The van der Waals surface area contributed by atoms with Gasteiger partial charge in [0.25, 0.3) is 0 Å². The highest BCUT2D eigenvalue weighted by atomic mass is 16.1. The maximum absolute atomic E-state index is 11.6. The Morgan fingerprint density at radius 2 is 2.29 bits per heavy atom. The SMILES string of the molecule is C=CCC12CCCCC1CCC(=O)C2. The Balaban J connectivity index is 2.17. The fourth-order valence-corrected chi connectivity index (χ4v) is 3.51. The fourth-order valence-electron chi connectivity index (χ4n) is 3.51. The first-order chi connectivity index (χ1) is 6.77. The molecule has 2 rings (SSSR count). The second-order valence-electron chi connectivity index (χ2n) is 5.05. The molecule has 78 valence electrons. The molecule has 0 aromatic heterocycles. The lowest BCUT2D eigenvalue weighted by Gasteiger charge is -2.46. The highest BCUT2D eigenvalue weighted by molar-refractivity contribution is 5.80. The number of rotatable bonds is 2. The summed E-state index contributed by atoms with van der Waals surface area (Å²) in [5, 5.41) is 0. The van der Waals surface area contributed by atoms with Gasteiger partial charge in [0.2, 0.25) is 0 Å². The molecule has 0 bridgehead atoms. The van der Waals surface area contributed by atoms with Gasteiger partial charge in [-0.1, -0.05) is 18.9 Å². The smallest absolute Gasteiger partial charge is 0.133 e. The number of ketones is 1. The number of hydrogen-bond acceptors (Lipinski definition) is 1. The highest BCUT2D eigenvalue weighted by Gasteiger charge is 2.43. The van der Waals surface area contributed by atoms with Gasteiger partial charge in [-0.25, -0.2) is 0 Å². The second kappa shape index (κ2) is 3.88. The topological polar surface area (TPSA) is 17.1 Å². The molecule has 0 N–H and O–H groups in total. The van der Waals surface area contributed by atoms with Crippen molar-refractivity contribution in [2.24, 2.45) is 11.3 Å². The molecule has 0 aliphatic heterocycles. The van der Waals surface area contributed by atoms with Crippen molar-refractivity contribution in [3.05, 3.63) is 12.7 Å². The first kappa shape index (κ1) is 9.95. The molecule has 2 fully saturated rings. The van der Waals surface area contributed by atoms with Crippen molar-refractivity contribution in [2.45, 2.75) is 51.4 Å². The van der Waals surface area contributed by atoms with E-state index in [1.807, 2.05) is 6.08 Å². The maximum atomic E-state index is 11.6. The van der Waals surface area contributed by atoms with Crippen LogP contribution in [0, 0.1) is 11.3 Å². The normalized spacial score (nSPS) is 37.7. The van der Waals surface area contributed by atoms with Gasteiger partial charge in [0.1, 0.15) is 5.78 Å². The molecule has 2 atom stereocenters. The molecule has 0 heterocycles. The molecule has 0 aromatic rings. The van der Waals surface area contributed by atoms with Crippen LogP contribution in [0.2, 0.25) is 0 Å². The van der Waals surface area contributed by atoms with E-state index >= 15 is 0 Å². The van der Waals surface area contributed by atoms with Crippen LogP contribution in [-0.4, -0.2) is 5.78 Å². The number of fused-ring (bicyclic) bond motifs is 1. The number of Topliss-reactive ketones (excluding diaryl/α,β-unsaturated/α-hetero) is 1. The van der Waals surface area contributed by atoms with Crippen LogP contribution in [0.4, 0.5) is 0 Å². The third-order valence-corrected chi connectivity index (χ3v) is 4.22. The number of carbonyl (C=O) groups is 1. The predicted octanol–water partition coefficient (Wildman–Crippen LogP) is 3.49. The lowest BCUT2D eigenvalue weighted by atomic mass is 9.58. The third kappa shape index (κ3) is 1.65. The van der Waals surface area contributed by atoms with Crippen molar-refractivity contribution in [3.63, 3.8) is 0 Å². The lowest BCUT2D eigenvalue weighted by Crippen LogP contribution is -2.39. The summed E-state index contributed by atoms with van der Waals surface area (Å²) in [5.74, 6) is 1.30. The van der Waals surface area contributed by atoms with Crippen LogP contribution < -0.4 is 0 Å². The monoisotopic (exact) mass is 192 g/mol. The molecule has 0 radical (unpaired) electrons. The molecule has 0 amide bonds. The summed E-state index contributed by atoms with van der Waals surface area (Å²) < 4.78 is 0. The van der Waals surface area contributed by atoms with Crippen molar-refractivity contribution in [3.8, 4) is 0 Å². The van der Waals surface area contributed by atoms with Gasteiger partial charge in [-0.05, 0) is 37.0 Å². The minimum atomic E-state index is 0.329. The quantitative estimate of drug-likeness (QED) is 0.612. The Kier molecular flexibility index (Phi) is 2.76. The molecule has 2 saturated carbocycles. The van der Waals surface area contributed by atoms with Gasteiger partial charge in [0.15, 0.2) is 0 Å². The summed E-state index contributed by atoms with van der Waals surface area (Å²) >= 11 is 0. The Labute approximate surface area is 86.6 Å². The van der Waals surface area contributed by atoms with Gasteiger partial charge in [0.05, 0.1) is 0 Å². The van der Waals surface area contributed by atoms with Gasteiger partial charge < -0.3 is 0 Å². The van der Waals surface area contributed by atoms with Crippen LogP contribution in [0.1, 0.15) is 51.4 Å². The van der Waals surface area contributed by atoms with E-state index in [-0.39, 0.29) is 0 Å². The van der Waals surface area contributed by atoms with E-state index in [2.05, 4.69) is 6.58 Å². The van der Waals surface area contributed by atoms with E-state index in [1.165, 1.54) is 25.7 Å². The lowest BCUT2D eigenvalue weighted by molar-refractivity contribution is -0.127. The standard InChI is InChI=1S/C13H20O/c1-2-8-13-9-4-3-5-11(13)6-7-12(14)10-13/h2,11H,1,3-10H2. The van der Waals surface area contributed by atoms with E-state index in [9.17, 15) is 4.79 Å². The molecule has 0 aromatic carbocycles. The highest BCUT2D eigenvalue weighted by Crippen LogP contribution is 2.51. The van der Waals surface area contributed by atoms with E-state index in [0.29, 0.717) is 11.2 Å². The van der Waals surface area contributed by atoms with Crippen molar-refractivity contribution >= 4 is 5.78 Å². The first-order valence-electron chi connectivity index (χ1n) is 5.89. The summed E-state index contributed by atoms with van der Waals surface area (Å²) in [6.45, 7) is 3.85. The minimum absolute atomic E-state index is 0.329. The summed E-state index contributed by atoms with van der Waals surface area (Å²) in [4.78, 5) is 11.6. The molecule has 2 aliphatic carbocycles. The largest absolute Gasteiger partial charge is 0.300 e. The Morgan fingerprint density at radius 3 is 3.07 bits per heavy atom. The molecule has 0 spiro atoms. The van der Waals surface area contributed by atoms with Crippen molar-refractivity contribution in [1.29, 1.82) is 0 Å². The molecule has 1 heteroatoms. The van der Waals surface area contributed by atoms with Crippen LogP contribution in [0.25, 0.3) is 0 Å². The van der Waals surface area contributed by atoms with E-state index in [1.54, 1.807) is 0 Å². The zero-order valence-electron chi connectivity index (χ0n) is 8.93. The molecule has 0 saturated heterocycles. The molecule has 2 aliphatic rings. The van der Waals surface area contributed by atoms with Crippen LogP contribution >= 0.6 is 0 Å². The zero-order valence-corrected chi connectivity index (χ0v) is 8.93. The summed E-state index contributed by atoms with van der Waals surface area (Å²) in [5.41, 5.74) is 0.329. The van der Waals surface area contributed by atoms with E-state index < -0.39 is 0 Å². The average molecular weight is 192 g/mol. The molecule has 1 nitrogen and oxygen atoms in total. The predicted molar refractivity (Wildman–Crippen MR) is 58.1 cm³/mol. The van der Waals surface area contributed by atoms with E-state index in [4.69, 9.17) is 0 Å². The van der Waals surface area contributed by atoms with Gasteiger partial charge >= 0.3 is 0 Å². The molecular weight excluding hydrogens is 172 g/mol. The molecule has 2 unspecified atom stereocenters. The summed E-state index contributed by atoms with van der Waals surface area (Å²) in [7, 11) is 0. The van der Waals surface area contributed by atoms with Crippen LogP contribution in [0.5, 0.6) is 0 Å². The Bertz CT molecular complexity index is 244. The van der Waals surface area contributed by atoms with Crippen molar-refractivity contribution in [2.75, 3.05) is 0 Å².